The summed E-state index contributed by atoms with van der Waals surface area (Å²) in [6.07, 6.45) is 0.131. The molecule has 0 aliphatic carbocycles. The molecule has 0 fully saturated rings. The molecule has 1 aromatic rings. The quantitative estimate of drug-likeness (QED) is 0.839. The lowest BCUT2D eigenvalue weighted by Gasteiger charge is -2.28. The molecule has 1 rings (SSSR count). The van der Waals surface area contributed by atoms with E-state index >= 15 is 0 Å². The fourth-order valence-electron chi connectivity index (χ4n) is 2.32. The minimum Gasteiger partial charge on any atom is -0.507 e. The van der Waals surface area contributed by atoms with Gasteiger partial charge < -0.3 is 14.9 Å². The Labute approximate surface area is 133 Å². The van der Waals surface area contributed by atoms with Crippen LogP contribution in [-0.2, 0) is 26.8 Å². The fourth-order valence-corrected chi connectivity index (χ4v) is 2.32. The first-order valence-corrected chi connectivity index (χ1v) is 7.60. The number of phenols is 1. The summed E-state index contributed by atoms with van der Waals surface area (Å²) in [5.41, 5.74) is 2.01. The van der Waals surface area contributed by atoms with Crippen molar-refractivity contribution in [2.45, 2.75) is 58.8 Å². The third-order valence-electron chi connectivity index (χ3n) is 3.49. The van der Waals surface area contributed by atoms with Gasteiger partial charge in [0.2, 0.25) is 0 Å². The third kappa shape index (κ3) is 4.73. The van der Waals surface area contributed by atoms with Crippen molar-refractivity contribution in [3.05, 3.63) is 28.8 Å². The van der Waals surface area contributed by atoms with Gasteiger partial charge in [0, 0.05) is 0 Å². The Bertz CT molecular complexity index is 498. The van der Waals surface area contributed by atoms with Crippen LogP contribution in [0.15, 0.2) is 12.1 Å². The van der Waals surface area contributed by atoms with Gasteiger partial charge in [-0.2, -0.15) is 0 Å². The molecular formula is C18H28O4. The number of carbonyl (C=O) groups is 1. The zero-order valence-electron chi connectivity index (χ0n) is 14.5. The van der Waals surface area contributed by atoms with Gasteiger partial charge in [0.25, 0.3) is 0 Å². The average molecular weight is 308 g/mol. The highest BCUT2D eigenvalue weighted by Gasteiger charge is 2.26. The third-order valence-corrected chi connectivity index (χ3v) is 3.49. The molecule has 2 N–H and O–H groups in total. The summed E-state index contributed by atoms with van der Waals surface area (Å²) in [6.45, 7) is 12.0. The molecule has 0 atom stereocenters. The summed E-state index contributed by atoms with van der Waals surface area (Å²) in [5, 5.41) is 19.3. The van der Waals surface area contributed by atoms with Gasteiger partial charge in [0.15, 0.2) is 0 Å². The summed E-state index contributed by atoms with van der Waals surface area (Å²) < 4.78 is 4.92. The van der Waals surface area contributed by atoms with Crippen LogP contribution in [0, 0.1) is 0 Å². The number of hydrogen-bond acceptors (Lipinski definition) is 4. The van der Waals surface area contributed by atoms with Crippen LogP contribution < -0.4 is 0 Å². The monoisotopic (exact) mass is 308 g/mol. The van der Waals surface area contributed by atoms with E-state index < -0.39 is 0 Å². The topological polar surface area (TPSA) is 66.8 Å². The standard InChI is InChI=1S/C18H28O4/c1-17(2,3)13-9-12(11-15(20)22-8-7-19)10-14(16(13)21)18(4,5)6/h9-10,19,21H,7-8,11H2,1-6H3. The second-order valence-corrected chi connectivity index (χ2v) is 7.66. The molecule has 0 spiro atoms. The van der Waals surface area contributed by atoms with E-state index in [1.807, 2.05) is 53.7 Å². The lowest BCUT2D eigenvalue weighted by molar-refractivity contribution is -0.143. The van der Waals surface area contributed by atoms with Crippen LogP contribution in [0.4, 0.5) is 0 Å². The molecule has 0 amide bonds. The highest BCUT2D eigenvalue weighted by molar-refractivity contribution is 5.73. The fraction of sp³-hybridized carbons (Fsp3) is 0.611. The van der Waals surface area contributed by atoms with Crippen molar-refractivity contribution in [3.63, 3.8) is 0 Å². The van der Waals surface area contributed by atoms with E-state index in [1.54, 1.807) is 0 Å². The molecule has 0 bridgehead atoms. The van der Waals surface area contributed by atoms with Gasteiger partial charge in [0.05, 0.1) is 13.0 Å². The lowest BCUT2D eigenvalue weighted by atomic mass is 9.78. The highest BCUT2D eigenvalue weighted by atomic mass is 16.5. The van der Waals surface area contributed by atoms with Crippen molar-refractivity contribution in [1.29, 1.82) is 0 Å². The van der Waals surface area contributed by atoms with Crippen LogP contribution in [0.5, 0.6) is 5.75 Å². The summed E-state index contributed by atoms with van der Waals surface area (Å²) >= 11 is 0. The van der Waals surface area contributed by atoms with E-state index in [0.717, 1.165) is 16.7 Å². The van der Waals surface area contributed by atoms with Crippen LogP contribution in [0.25, 0.3) is 0 Å². The highest BCUT2D eigenvalue weighted by Crippen LogP contribution is 2.39. The molecule has 0 saturated carbocycles. The summed E-state index contributed by atoms with van der Waals surface area (Å²) in [4.78, 5) is 11.8. The number of ether oxygens (including phenoxy) is 1. The van der Waals surface area contributed by atoms with Crippen molar-refractivity contribution < 1.29 is 19.7 Å². The summed E-state index contributed by atoms with van der Waals surface area (Å²) in [7, 11) is 0. The Balaban J connectivity index is 3.27. The lowest BCUT2D eigenvalue weighted by Crippen LogP contribution is -2.19. The van der Waals surface area contributed by atoms with Gasteiger partial charge in [-0.15, -0.1) is 0 Å². The van der Waals surface area contributed by atoms with Crippen LogP contribution in [0.1, 0.15) is 58.2 Å². The first kappa shape index (κ1) is 18.5. The molecule has 0 aromatic heterocycles. The zero-order chi connectivity index (χ0) is 17.1. The number of phenolic OH excluding ortho intramolecular Hbond substituents is 1. The van der Waals surface area contributed by atoms with Crippen LogP contribution in [0.3, 0.4) is 0 Å². The first-order valence-electron chi connectivity index (χ1n) is 7.60. The Hall–Kier alpha value is -1.55. The molecule has 1 aromatic carbocycles. The zero-order valence-corrected chi connectivity index (χ0v) is 14.5. The van der Waals surface area contributed by atoms with Gasteiger partial charge in [0.1, 0.15) is 12.4 Å². The Morgan fingerprint density at radius 1 is 1.05 bits per heavy atom. The predicted molar refractivity (Wildman–Crippen MR) is 87.3 cm³/mol. The van der Waals surface area contributed by atoms with Gasteiger partial charge in [-0.25, -0.2) is 0 Å². The molecule has 22 heavy (non-hydrogen) atoms. The molecule has 124 valence electrons. The van der Waals surface area contributed by atoms with E-state index in [1.165, 1.54) is 0 Å². The number of rotatable bonds is 4. The number of benzene rings is 1. The summed E-state index contributed by atoms with van der Waals surface area (Å²) in [6, 6.07) is 3.73. The largest absolute Gasteiger partial charge is 0.507 e. The number of aliphatic hydroxyl groups is 1. The van der Waals surface area contributed by atoms with Crippen molar-refractivity contribution in [2.75, 3.05) is 13.2 Å². The van der Waals surface area contributed by atoms with E-state index in [4.69, 9.17) is 9.84 Å². The van der Waals surface area contributed by atoms with Gasteiger partial charge in [-0.3, -0.25) is 4.79 Å². The number of carbonyl (C=O) groups excluding carboxylic acids is 1. The van der Waals surface area contributed by atoms with E-state index in [0.29, 0.717) is 5.75 Å². The van der Waals surface area contributed by atoms with Gasteiger partial charge in [-0.1, -0.05) is 53.7 Å². The number of hydrogen-bond donors (Lipinski definition) is 2. The summed E-state index contributed by atoms with van der Waals surface area (Å²) in [5.74, 6) is -0.0769. The van der Waals surface area contributed by atoms with Crippen molar-refractivity contribution in [2.24, 2.45) is 0 Å². The van der Waals surface area contributed by atoms with Crippen molar-refractivity contribution in [1.82, 2.24) is 0 Å². The second kappa shape index (κ2) is 6.69. The number of aromatic hydroxyl groups is 1. The number of aliphatic hydroxyl groups excluding tert-OH is 1. The predicted octanol–water partition coefficient (Wildman–Crippen LogP) is 3.07. The van der Waals surface area contributed by atoms with Crippen LogP contribution >= 0.6 is 0 Å². The molecule has 0 heterocycles. The Kier molecular flexibility index (Phi) is 5.63. The second-order valence-electron chi connectivity index (χ2n) is 7.66. The normalized spacial score (nSPS) is 12.3. The van der Waals surface area contributed by atoms with Crippen LogP contribution in [0.2, 0.25) is 0 Å². The van der Waals surface area contributed by atoms with E-state index in [-0.39, 0.29) is 36.4 Å². The SMILES string of the molecule is CC(C)(C)c1cc(CC(=O)OCCO)cc(C(C)(C)C)c1O. The first-order chi connectivity index (χ1) is 9.96. The molecule has 4 heteroatoms. The maximum atomic E-state index is 11.8. The minimum atomic E-state index is -0.376. The van der Waals surface area contributed by atoms with Crippen molar-refractivity contribution in [3.8, 4) is 5.75 Å². The molecule has 0 aliphatic rings. The molecule has 0 unspecified atom stereocenters. The maximum Gasteiger partial charge on any atom is 0.310 e. The van der Waals surface area contributed by atoms with Gasteiger partial charge >= 0.3 is 5.97 Å². The molecular weight excluding hydrogens is 280 g/mol. The minimum absolute atomic E-state index is 0.00910. The van der Waals surface area contributed by atoms with E-state index in [2.05, 4.69) is 0 Å². The Morgan fingerprint density at radius 2 is 1.50 bits per heavy atom. The number of esters is 1. The van der Waals surface area contributed by atoms with Crippen LogP contribution in [-0.4, -0.2) is 29.4 Å². The molecule has 0 saturated heterocycles. The van der Waals surface area contributed by atoms with Gasteiger partial charge in [-0.05, 0) is 27.5 Å². The van der Waals surface area contributed by atoms with E-state index in [9.17, 15) is 9.90 Å². The Morgan fingerprint density at radius 3 is 1.86 bits per heavy atom. The smallest absolute Gasteiger partial charge is 0.310 e. The average Bonchev–Trinajstić information content (AvgIpc) is 2.35. The molecule has 0 radical (unpaired) electrons. The molecule has 0 aliphatic heterocycles. The molecule has 4 nitrogen and oxygen atoms in total. The van der Waals surface area contributed by atoms with Crippen molar-refractivity contribution >= 4 is 5.97 Å². The maximum absolute atomic E-state index is 11.8.